The summed E-state index contributed by atoms with van der Waals surface area (Å²) in [5.74, 6) is 0.179. The lowest BCUT2D eigenvalue weighted by Gasteiger charge is -2.43. The third-order valence-electron chi connectivity index (χ3n) is 8.35. The molecule has 7 heteroatoms. The molecule has 1 saturated carbocycles. The van der Waals surface area contributed by atoms with Gasteiger partial charge in [-0.25, -0.2) is 8.78 Å². The summed E-state index contributed by atoms with van der Waals surface area (Å²) in [6, 6.07) is 6.49. The highest BCUT2D eigenvalue weighted by molar-refractivity contribution is 5.76. The molecule has 5 nitrogen and oxygen atoms in total. The van der Waals surface area contributed by atoms with E-state index in [0.29, 0.717) is 63.3 Å². The predicted molar refractivity (Wildman–Crippen MR) is 139 cm³/mol. The minimum Gasteiger partial charge on any atom is -0.385 e. The summed E-state index contributed by atoms with van der Waals surface area (Å²) in [5.41, 5.74) is -0.994. The second kappa shape index (κ2) is 14.4. The first-order valence-corrected chi connectivity index (χ1v) is 13.9. The average molecular weight is 509 g/mol. The summed E-state index contributed by atoms with van der Waals surface area (Å²) in [6.45, 7) is 2.47. The zero-order valence-corrected chi connectivity index (χ0v) is 22.2. The SMILES string of the molecule is CNC[C@@H](CC(=O)N1CCC[C@@H]([C@@](O)(CCCCOC)c2ccccc2F)C1)CC1CCC(F)CC1. The standard InChI is InChI=1S/C29H46F2N2O3/c1-32-20-23(18-22-11-13-25(30)14-12-22)19-28(34)33-16-7-8-24(21-33)29(35,15-5-6-17-36-2)26-9-3-4-10-27(26)31/h3-4,9-10,22-25,32,35H,5-8,11-21H2,1-2H3/t22?,23-,24-,25?,29+/m1/s1. The van der Waals surface area contributed by atoms with Crippen molar-refractivity contribution in [2.45, 2.75) is 82.4 Å². The largest absolute Gasteiger partial charge is 0.385 e. The summed E-state index contributed by atoms with van der Waals surface area (Å²) < 4.78 is 33.6. The van der Waals surface area contributed by atoms with Crippen molar-refractivity contribution in [2.75, 3.05) is 40.4 Å². The van der Waals surface area contributed by atoms with Crippen LogP contribution in [0.25, 0.3) is 0 Å². The molecule has 36 heavy (non-hydrogen) atoms. The normalized spacial score (nSPS) is 25.4. The topological polar surface area (TPSA) is 61.8 Å². The van der Waals surface area contributed by atoms with Gasteiger partial charge in [-0.3, -0.25) is 4.79 Å². The number of halogens is 2. The van der Waals surface area contributed by atoms with E-state index < -0.39 is 17.6 Å². The van der Waals surface area contributed by atoms with Crippen LogP contribution in [-0.4, -0.2) is 62.5 Å². The van der Waals surface area contributed by atoms with Crippen molar-refractivity contribution in [3.63, 3.8) is 0 Å². The van der Waals surface area contributed by atoms with Crippen LogP contribution in [0, 0.1) is 23.6 Å². The summed E-state index contributed by atoms with van der Waals surface area (Å²) in [5, 5.41) is 15.2. The molecular formula is C29H46F2N2O3. The molecule has 2 N–H and O–H groups in total. The van der Waals surface area contributed by atoms with Gasteiger partial charge in [0.1, 0.15) is 12.0 Å². The number of nitrogens with zero attached hydrogens (tertiary/aromatic N) is 1. The number of hydrogen-bond acceptors (Lipinski definition) is 4. The van der Waals surface area contributed by atoms with E-state index >= 15 is 0 Å². The summed E-state index contributed by atoms with van der Waals surface area (Å²) >= 11 is 0. The van der Waals surface area contributed by atoms with E-state index in [1.165, 1.54) is 6.07 Å². The van der Waals surface area contributed by atoms with Crippen molar-refractivity contribution in [1.29, 1.82) is 0 Å². The number of piperidine rings is 1. The molecule has 1 heterocycles. The van der Waals surface area contributed by atoms with Gasteiger partial charge in [0.2, 0.25) is 5.91 Å². The van der Waals surface area contributed by atoms with Crippen LogP contribution in [0.15, 0.2) is 24.3 Å². The number of benzene rings is 1. The van der Waals surface area contributed by atoms with Crippen LogP contribution in [0.1, 0.15) is 76.2 Å². The molecule has 0 spiro atoms. The molecule has 0 aromatic heterocycles. The van der Waals surface area contributed by atoms with Crippen molar-refractivity contribution in [2.24, 2.45) is 17.8 Å². The van der Waals surface area contributed by atoms with Gasteiger partial charge in [-0.2, -0.15) is 0 Å². The molecule has 3 rings (SSSR count). The second-order valence-electron chi connectivity index (χ2n) is 11.0. The fraction of sp³-hybridized carbons (Fsp3) is 0.759. The molecule has 0 unspecified atom stereocenters. The maximum absolute atomic E-state index is 14.9. The van der Waals surface area contributed by atoms with Crippen LogP contribution in [0.4, 0.5) is 8.78 Å². The number of rotatable bonds is 13. The van der Waals surface area contributed by atoms with Gasteiger partial charge in [-0.15, -0.1) is 0 Å². The fourth-order valence-corrected chi connectivity index (χ4v) is 6.34. The van der Waals surface area contributed by atoms with Crippen LogP contribution < -0.4 is 5.32 Å². The maximum Gasteiger partial charge on any atom is 0.222 e. The molecule has 2 fully saturated rings. The van der Waals surface area contributed by atoms with E-state index in [1.54, 1.807) is 25.3 Å². The summed E-state index contributed by atoms with van der Waals surface area (Å²) in [7, 11) is 3.56. The van der Waals surface area contributed by atoms with Gasteiger partial charge < -0.3 is 20.1 Å². The Bertz CT molecular complexity index is 802. The number of methoxy groups -OCH3 is 1. The van der Waals surface area contributed by atoms with Crippen molar-refractivity contribution in [3.05, 3.63) is 35.6 Å². The highest BCUT2D eigenvalue weighted by atomic mass is 19.1. The maximum atomic E-state index is 14.9. The number of alkyl halides is 1. The molecule has 1 amide bonds. The van der Waals surface area contributed by atoms with Gasteiger partial charge in [-0.05, 0) is 95.7 Å². The highest BCUT2D eigenvalue weighted by Crippen LogP contribution is 2.41. The van der Waals surface area contributed by atoms with Crippen LogP contribution in [0.5, 0.6) is 0 Å². The molecule has 1 aliphatic heterocycles. The Hall–Kier alpha value is -1.57. The molecule has 3 atom stereocenters. The molecule has 204 valence electrons. The molecule has 1 aromatic rings. The Kier molecular flexibility index (Phi) is 11.6. The average Bonchev–Trinajstić information content (AvgIpc) is 2.88. The first kappa shape index (κ1) is 29.0. The minimum atomic E-state index is -1.33. The Morgan fingerprint density at radius 3 is 2.67 bits per heavy atom. The quantitative estimate of drug-likeness (QED) is 0.359. The van der Waals surface area contributed by atoms with Crippen molar-refractivity contribution < 1.29 is 23.4 Å². The highest BCUT2D eigenvalue weighted by Gasteiger charge is 2.42. The summed E-state index contributed by atoms with van der Waals surface area (Å²) in [6.07, 6.45) is 7.29. The van der Waals surface area contributed by atoms with Gasteiger partial charge in [0.25, 0.3) is 0 Å². The fourth-order valence-electron chi connectivity index (χ4n) is 6.34. The zero-order valence-electron chi connectivity index (χ0n) is 22.2. The first-order valence-electron chi connectivity index (χ1n) is 13.9. The second-order valence-corrected chi connectivity index (χ2v) is 11.0. The Morgan fingerprint density at radius 2 is 1.97 bits per heavy atom. The van der Waals surface area contributed by atoms with Crippen molar-refractivity contribution in [1.82, 2.24) is 10.2 Å². The van der Waals surface area contributed by atoms with Gasteiger partial charge in [0.15, 0.2) is 0 Å². The smallest absolute Gasteiger partial charge is 0.222 e. The lowest BCUT2D eigenvalue weighted by molar-refractivity contribution is -0.138. The molecule has 1 aliphatic carbocycles. The van der Waals surface area contributed by atoms with Crippen LogP contribution in [0.2, 0.25) is 0 Å². The van der Waals surface area contributed by atoms with Crippen molar-refractivity contribution >= 4 is 5.91 Å². The lowest BCUT2D eigenvalue weighted by atomic mass is 9.73. The van der Waals surface area contributed by atoms with Gasteiger partial charge in [-0.1, -0.05) is 18.2 Å². The molecule has 1 aromatic carbocycles. The van der Waals surface area contributed by atoms with E-state index in [2.05, 4.69) is 5.32 Å². The number of unbranched alkanes of at least 4 members (excludes halogenated alkanes) is 1. The molecule has 0 bridgehead atoms. The van der Waals surface area contributed by atoms with Gasteiger partial charge in [0.05, 0.1) is 5.60 Å². The first-order chi connectivity index (χ1) is 17.4. The lowest BCUT2D eigenvalue weighted by Crippen LogP contribution is -2.49. The zero-order chi connectivity index (χ0) is 26.0. The number of carbonyl (C=O) groups is 1. The molecule has 0 radical (unpaired) electrons. The van der Waals surface area contributed by atoms with E-state index in [9.17, 15) is 18.7 Å². The number of nitrogens with one attached hydrogen (secondary N) is 1. The van der Waals surface area contributed by atoms with E-state index in [-0.39, 0.29) is 17.7 Å². The number of hydrogen-bond donors (Lipinski definition) is 2. The van der Waals surface area contributed by atoms with Gasteiger partial charge in [0, 0.05) is 44.7 Å². The number of amides is 1. The third kappa shape index (κ3) is 7.96. The predicted octanol–water partition coefficient (Wildman–Crippen LogP) is 5.21. The minimum absolute atomic E-state index is 0.106. The number of aliphatic hydroxyl groups is 1. The third-order valence-corrected chi connectivity index (χ3v) is 8.35. The number of likely N-dealkylation sites (tertiary alicyclic amines) is 1. The Balaban J connectivity index is 1.67. The monoisotopic (exact) mass is 508 g/mol. The van der Waals surface area contributed by atoms with E-state index in [4.69, 9.17) is 4.74 Å². The van der Waals surface area contributed by atoms with Crippen molar-refractivity contribution in [3.8, 4) is 0 Å². The Morgan fingerprint density at radius 1 is 1.22 bits per heavy atom. The van der Waals surface area contributed by atoms with Crippen LogP contribution >= 0.6 is 0 Å². The Labute approximate surface area is 216 Å². The number of carbonyl (C=O) groups excluding carboxylic acids is 1. The van der Waals surface area contributed by atoms with Crippen LogP contribution in [0.3, 0.4) is 0 Å². The molecule has 2 aliphatic rings. The molecular weight excluding hydrogens is 462 g/mol. The van der Waals surface area contributed by atoms with Gasteiger partial charge >= 0.3 is 0 Å². The van der Waals surface area contributed by atoms with E-state index in [1.807, 2.05) is 11.9 Å². The molecule has 1 saturated heterocycles. The summed E-state index contributed by atoms with van der Waals surface area (Å²) in [4.78, 5) is 15.3. The van der Waals surface area contributed by atoms with E-state index in [0.717, 1.165) is 45.1 Å². The number of ether oxygens (including phenoxy) is 1. The van der Waals surface area contributed by atoms with Crippen LogP contribution in [-0.2, 0) is 15.1 Å².